The van der Waals surface area contributed by atoms with E-state index >= 15 is 0 Å². The molecule has 0 spiro atoms. The fourth-order valence-electron chi connectivity index (χ4n) is 0. The molecule has 0 heterocycles. The van der Waals surface area contributed by atoms with Gasteiger partial charge in [-0.1, -0.05) is 22.3 Å². The van der Waals surface area contributed by atoms with Crippen LogP contribution in [0, 0.1) is 0 Å². The summed E-state index contributed by atoms with van der Waals surface area (Å²) < 4.78 is 4.54. The molecular formula is C6H20OY. The zero-order valence-electron chi connectivity index (χ0n) is 3.69. The number of methoxy groups -OCH3 is 1. The Hall–Kier alpha value is 1.06. The molecule has 0 aliphatic rings. The fourth-order valence-corrected chi connectivity index (χ4v) is 0. The van der Waals surface area contributed by atoms with Crippen LogP contribution in [0.3, 0.4) is 0 Å². The summed E-state index contributed by atoms with van der Waals surface area (Å²) in [6.45, 7) is 2.78. The molecule has 0 saturated carbocycles. The third kappa shape index (κ3) is 61.0. The first-order valence-corrected chi connectivity index (χ1v) is 1.40. The van der Waals surface area contributed by atoms with E-state index in [0.29, 0.717) is 0 Å². The van der Waals surface area contributed by atoms with E-state index in [1.54, 1.807) is 7.11 Å². The van der Waals surface area contributed by atoms with Gasteiger partial charge in [-0.2, -0.15) is 0 Å². The molecule has 0 aliphatic carbocycles. The van der Waals surface area contributed by atoms with Gasteiger partial charge >= 0.3 is 0 Å². The first-order valence-electron chi connectivity index (χ1n) is 1.40. The molecule has 0 amide bonds. The molecular weight excluding hydrogens is 177 g/mol. The van der Waals surface area contributed by atoms with Crippen molar-refractivity contribution in [2.24, 2.45) is 0 Å². The zero-order valence-corrected chi connectivity index (χ0v) is 6.53. The monoisotopic (exact) mass is 197 g/mol. The van der Waals surface area contributed by atoms with E-state index in [1.165, 1.54) is 0 Å². The molecule has 0 aromatic carbocycles. The van der Waals surface area contributed by atoms with Crippen LogP contribution in [0.4, 0.5) is 0 Å². The average molecular weight is 197 g/mol. The van der Waals surface area contributed by atoms with Crippen molar-refractivity contribution < 1.29 is 37.4 Å². The third-order valence-corrected chi connectivity index (χ3v) is 0.289. The van der Waals surface area contributed by atoms with Crippen molar-refractivity contribution in [3.8, 4) is 0 Å². The van der Waals surface area contributed by atoms with Gasteiger partial charge in [-0.3, -0.25) is 0 Å². The van der Waals surface area contributed by atoms with E-state index in [-0.39, 0.29) is 55.0 Å². The molecule has 53 valence electrons. The Balaban J connectivity index is -0.00000000750. The van der Waals surface area contributed by atoms with Crippen molar-refractivity contribution in [2.75, 3.05) is 13.7 Å². The van der Waals surface area contributed by atoms with Crippen LogP contribution in [0.1, 0.15) is 29.2 Å². The van der Waals surface area contributed by atoms with Gasteiger partial charge in [0.15, 0.2) is 0 Å². The van der Waals surface area contributed by atoms with Crippen LogP contribution in [-0.4, -0.2) is 13.7 Å². The van der Waals surface area contributed by atoms with Crippen LogP contribution in [-0.2, 0) is 37.4 Å². The normalized spacial score (nSPS) is 3.75. The summed E-state index contributed by atoms with van der Waals surface area (Å²) in [6.07, 6.45) is 0. The Labute approximate surface area is 80.1 Å². The van der Waals surface area contributed by atoms with Crippen molar-refractivity contribution in [3.05, 3.63) is 0 Å². The van der Waals surface area contributed by atoms with E-state index in [1.807, 2.05) is 6.92 Å². The van der Waals surface area contributed by atoms with Crippen molar-refractivity contribution in [2.45, 2.75) is 29.2 Å². The van der Waals surface area contributed by atoms with Crippen molar-refractivity contribution in [1.29, 1.82) is 0 Å². The Morgan fingerprint density at radius 3 is 1.25 bits per heavy atom. The summed E-state index contributed by atoms with van der Waals surface area (Å²) in [7, 11) is 1.68. The largest absolute Gasteiger partial charge is 0.385 e. The second kappa shape index (κ2) is 42.9. The SMILES string of the molecule is C.C.C.CCOC.[Y]. The zero-order chi connectivity index (χ0) is 3.41. The maximum atomic E-state index is 4.54. The Bertz CT molecular complexity index is 10.5. The molecule has 0 aromatic rings. The molecule has 8 heavy (non-hydrogen) atoms. The molecule has 0 aromatic heterocycles. The van der Waals surface area contributed by atoms with Gasteiger partial charge in [0.1, 0.15) is 0 Å². The van der Waals surface area contributed by atoms with Gasteiger partial charge < -0.3 is 4.74 Å². The van der Waals surface area contributed by atoms with Crippen molar-refractivity contribution in [3.63, 3.8) is 0 Å². The molecule has 1 radical (unpaired) electrons. The van der Waals surface area contributed by atoms with Gasteiger partial charge in [0.25, 0.3) is 0 Å². The molecule has 0 saturated heterocycles. The summed E-state index contributed by atoms with van der Waals surface area (Å²) in [6, 6.07) is 0. The fraction of sp³-hybridized carbons (Fsp3) is 1.00. The third-order valence-electron chi connectivity index (χ3n) is 0.289. The topological polar surface area (TPSA) is 9.23 Å². The minimum Gasteiger partial charge on any atom is -0.385 e. The predicted molar refractivity (Wildman–Crippen MR) is 37.7 cm³/mol. The van der Waals surface area contributed by atoms with Gasteiger partial charge in [-0.05, 0) is 6.92 Å². The van der Waals surface area contributed by atoms with Gasteiger partial charge in [-0.15, -0.1) is 0 Å². The second-order valence-corrected chi connectivity index (χ2v) is 0.577. The summed E-state index contributed by atoms with van der Waals surface area (Å²) in [5.41, 5.74) is 0. The number of hydrogen-bond acceptors (Lipinski definition) is 1. The quantitative estimate of drug-likeness (QED) is 0.627. The molecule has 0 unspecified atom stereocenters. The predicted octanol–water partition coefficient (Wildman–Crippen LogP) is 2.56. The standard InChI is InChI=1S/C3H8O.3CH4.Y/c1-3-4-2;;;;/h3H2,1-2H3;3*1H4;. The first-order chi connectivity index (χ1) is 1.91. The van der Waals surface area contributed by atoms with E-state index in [2.05, 4.69) is 4.74 Å². The molecule has 1 nitrogen and oxygen atoms in total. The van der Waals surface area contributed by atoms with E-state index in [9.17, 15) is 0 Å². The Morgan fingerprint density at radius 2 is 1.25 bits per heavy atom. The van der Waals surface area contributed by atoms with Crippen LogP contribution in [0.15, 0.2) is 0 Å². The minimum absolute atomic E-state index is 0. The number of hydrogen-bond donors (Lipinski definition) is 0. The summed E-state index contributed by atoms with van der Waals surface area (Å²) in [4.78, 5) is 0. The number of rotatable bonds is 1. The average Bonchev–Trinajstić information content (AvgIpc) is 1.37. The molecule has 0 atom stereocenters. The minimum atomic E-state index is 0. The Morgan fingerprint density at radius 1 is 1.12 bits per heavy atom. The van der Waals surface area contributed by atoms with E-state index < -0.39 is 0 Å². The molecule has 0 bridgehead atoms. The van der Waals surface area contributed by atoms with E-state index in [4.69, 9.17) is 0 Å². The van der Waals surface area contributed by atoms with Gasteiger partial charge in [0, 0.05) is 46.4 Å². The van der Waals surface area contributed by atoms with Crippen LogP contribution in [0.2, 0.25) is 0 Å². The molecule has 0 fully saturated rings. The molecule has 0 N–H and O–H groups in total. The second-order valence-electron chi connectivity index (χ2n) is 0.577. The van der Waals surface area contributed by atoms with Crippen LogP contribution in [0.5, 0.6) is 0 Å². The van der Waals surface area contributed by atoms with Gasteiger partial charge in [0.05, 0.1) is 0 Å². The van der Waals surface area contributed by atoms with Gasteiger partial charge in [0.2, 0.25) is 0 Å². The molecule has 2 heteroatoms. The summed E-state index contributed by atoms with van der Waals surface area (Å²) in [5, 5.41) is 0. The first kappa shape index (κ1) is 35.7. The summed E-state index contributed by atoms with van der Waals surface area (Å²) >= 11 is 0. The van der Waals surface area contributed by atoms with Crippen LogP contribution < -0.4 is 0 Å². The van der Waals surface area contributed by atoms with Gasteiger partial charge in [-0.25, -0.2) is 0 Å². The number of ether oxygens (including phenoxy) is 1. The molecule has 0 aliphatic heterocycles. The maximum Gasteiger partial charge on any atom is 0.0433 e. The smallest absolute Gasteiger partial charge is 0.0433 e. The van der Waals surface area contributed by atoms with Crippen LogP contribution >= 0.6 is 0 Å². The van der Waals surface area contributed by atoms with Crippen molar-refractivity contribution in [1.82, 2.24) is 0 Å². The Kier molecular flexibility index (Phi) is 191. The molecule has 0 rings (SSSR count). The van der Waals surface area contributed by atoms with Crippen LogP contribution in [0.25, 0.3) is 0 Å². The van der Waals surface area contributed by atoms with Crippen molar-refractivity contribution >= 4 is 0 Å². The summed E-state index contributed by atoms with van der Waals surface area (Å²) in [5.74, 6) is 0. The van der Waals surface area contributed by atoms with E-state index in [0.717, 1.165) is 6.61 Å². The maximum absolute atomic E-state index is 4.54.